The largest absolute Gasteiger partial charge is 0.497 e. The lowest BCUT2D eigenvalue weighted by Crippen LogP contribution is -2.36. The lowest BCUT2D eigenvalue weighted by molar-refractivity contribution is 0.414. The van der Waals surface area contributed by atoms with Crippen LogP contribution in [0.5, 0.6) is 5.75 Å². The van der Waals surface area contributed by atoms with Gasteiger partial charge in [0.15, 0.2) is 0 Å². The lowest BCUT2D eigenvalue weighted by Gasteiger charge is -2.07. The van der Waals surface area contributed by atoms with Crippen molar-refractivity contribution in [3.8, 4) is 5.75 Å². The van der Waals surface area contributed by atoms with Gasteiger partial charge in [0.25, 0.3) is 5.56 Å². The third-order valence-corrected chi connectivity index (χ3v) is 3.23. The molecule has 6 heteroatoms. The Hall–Kier alpha value is -2.01. The smallest absolute Gasteiger partial charge is 0.329 e. The molecule has 0 atom stereocenters. The molecule has 0 aliphatic heterocycles. The lowest BCUT2D eigenvalue weighted by atomic mass is 10.2. The zero-order valence-corrected chi connectivity index (χ0v) is 11.3. The van der Waals surface area contributed by atoms with Crippen LogP contribution < -0.4 is 16.0 Å². The summed E-state index contributed by atoms with van der Waals surface area (Å²) in [4.78, 5) is 26.1. The molecule has 19 heavy (non-hydrogen) atoms. The monoisotopic (exact) mass is 280 g/mol. The maximum absolute atomic E-state index is 12.0. The average molecular weight is 281 g/mol. The van der Waals surface area contributed by atoms with Crippen molar-refractivity contribution >= 4 is 11.6 Å². The maximum atomic E-state index is 12.0. The summed E-state index contributed by atoms with van der Waals surface area (Å²) in [6, 6.07) is 7.15. The maximum Gasteiger partial charge on any atom is 0.329 e. The number of halogens is 1. The van der Waals surface area contributed by atoms with Crippen LogP contribution in [0.4, 0.5) is 0 Å². The minimum Gasteiger partial charge on any atom is -0.497 e. The van der Waals surface area contributed by atoms with E-state index in [4.69, 9.17) is 16.3 Å². The number of ether oxygens (including phenoxy) is 1. The van der Waals surface area contributed by atoms with E-state index in [1.807, 2.05) is 0 Å². The van der Waals surface area contributed by atoms with Crippen LogP contribution in [0.1, 0.15) is 11.1 Å². The van der Waals surface area contributed by atoms with E-state index in [1.165, 1.54) is 0 Å². The van der Waals surface area contributed by atoms with Crippen molar-refractivity contribution in [2.45, 2.75) is 13.5 Å². The number of methoxy groups -OCH3 is 1. The standard InChI is InChI=1S/C13H13ClN2O3/c1-8-11(14)15-13(18)16(12(8)17)7-9-3-5-10(19-2)6-4-9/h3-6H,7H2,1-2H3,(H,15,18). The predicted octanol–water partition coefficient (Wildman–Crippen LogP) is 1.56. The van der Waals surface area contributed by atoms with E-state index >= 15 is 0 Å². The van der Waals surface area contributed by atoms with Gasteiger partial charge in [-0.15, -0.1) is 0 Å². The van der Waals surface area contributed by atoms with Crippen LogP contribution >= 0.6 is 11.6 Å². The van der Waals surface area contributed by atoms with E-state index in [0.29, 0.717) is 5.56 Å². The topological polar surface area (TPSA) is 64.1 Å². The molecule has 0 aliphatic carbocycles. The van der Waals surface area contributed by atoms with E-state index in [2.05, 4.69) is 4.98 Å². The summed E-state index contributed by atoms with van der Waals surface area (Å²) >= 11 is 5.75. The molecule has 0 fully saturated rings. The molecule has 0 saturated heterocycles. The highest BCUT2D eigenvalue weighted by Gasteiger charge is 2.09. The van der Waals surface area contributed by atoms with Gasteiger partial charge in [0.05, 0.1) is 13.7 Å². The quantitative estimate of drug-likeness (QED) is 0.868. The molecule has 1 heterocycles. The van der Waals surface area contributed by atoms with E-state index in [1.54, 1.807) is 38.3 Å². The number of aromatic nitrogens is 2. The second-order valence-electron chi connectivity index (χ2n) is 4.11. The van der Waals surface area contributed by atoms with Crippen LogP contribution in [0, 0.1) is 6.92 Å². The molecular weight excluding hydrogens is 268 g/mol. The second kappa shape index (κ2) is 5.32. The third-order valence-electron chi connectivity index (χ3n) is 2.86. The highest BCUT2D eigenvalue weighted by atomic mass is 35.5. The summed E-state index contributed by atoms with van der Waals surface area (Å²) in [5, 5.41) is 0.0842. The van der Waals surface area contributed by atoms with E-state index in [0.717, 1.165) is 15.9 Å². The summed E-state index contributed by atoms with van der Waals surface area (Å²) in [5.74, 6) is 0.720. The van der Waals surface area contributed by atoms with Gasteiger partial charge in [-0.25, -0.2) is 4.79 Å². The van der Waals surface area contributed by atoms with Crippen LogP contribution in [-0.4, -0.2) is 16.7 Å². The highest BCUT2D eigenvalue weighted by Crippen LogP contribution is 2.11. The van der Waals surface area contributed by atoms with Crippen molar-refractivity contribution in [1.82, 2.24) is 9.55 Å². The molecule has 1 N–H and O–H groups in total. The Morgan fingerprint density at radius 1 is 1.26 bits per heavy atom. The summed E-state index contributed by atoms with van der Waals surface area (Å²) in [6.45, 7) is 1.77. The Labute approximate surface area is 114 Å². The number of aromatic amines is 1. The van der Waals surface area contributed by atoms with Crippen molar-refractivity contribution in [2.75, 3.05) is 7.11 Å². The zero-order valence-electron chi connectivity index (χ0n) is 10.6. The van der Waals surface area contributed by atoms with Gasteiger partial charge < -0.3 is 4.74 Å². The number of nitrogens with one attached hydrogen (secondary N) is 1. The van der Waals surface area contributed by atoms with Crippen molar-refractivity contribution in [3.63, 3.8) is 0 Å². The van der Waals surface area contributed by atoms with Crippen molar-refractivity contribution in [1.29, 1.82) is 0 Å². The molecule has 0 aliphatic rings. The Morgan fingerprint density at radius 3 is 2.47 bits per heavy atom. The number of nitrogens with zero attached hydrogens (tertiary/aromatic N) is 1. The van der Waals surface area contributed by atoms with Gasteiger partial charge in [-0.1, -0.05) is 23.7 Å². The van der Waals surface area contributed by atoms with Crippen LogP contribution in [0.25, 0.3) is 0 Å². The minimum absolute atomic E-state index is 0.0842. The van der Waals surface area contributed by atoms with Crippen molar-refractivity contribution < 1.29 is 4.74 Å². The molecular formula is C13H13ClN2O3. The highest BCUT2D eigenvalue weighted by molar-refractivity contribution is 6.30. The first kappa shape index (κ1) is 13.4. The molecule has 0 radical (unpaired) electrons. The molecule has 5 nitrogen and oxygen atoms in total. The van der Waals surface area contributed by atoms with Crippen LogP contribution in [-0.2, 0) is 6.54 Å². The first-order valence-electron chi connectivity index (χ1n) is 5.65. The Morgan fingerprint density at radius 2 is 1.89 bits per heavy atom. The Kier molecular flexibility index (Phi) is 3.76. The fourth-order valence-electron chi connectivity index (χ4n) is 1.70. The third kappa shape index (κ3) is 2.71. The molecule has 0 bridgehead atoms. The Bertz CT molecular complexity index is 701. The number of benzene rings is 1. The SMILES string of the molecule is COc1ccc(Cn2c(=O)[nH]c(Cl)c(C)c2=O)cc1. The molecule has 0 saturated carbocycles. The van der Waals surface area contributed by atoms with Crippen LogP contribution in [0.2, 0.25) is 5.15 Å². The van der Waals surface area contributed by atoms with Gasteiger partial charge in [-0.2, -0.15) is 0 Å². The van der Waals surface area contributed by atoms with E-state index in [-0.39, 0.29) is 17.3 Å². The second-order valence-corrected chi connectivity index (χ2v) is 4.49. The molecule has 2 aromatic rings. The minimum atomic E-state index is -0.517. The molecule has 100 valence electrons. The van der Waals surface area contributed by atoms with Crippen molar-refractivity contribution in [2.24, 2.45) is 0 Å². The van der Waals surface area contributed by atoms with Gasteiger partial charge in [0, 0.05) is 5.56 Å². The van der Waals surface area contributed by atoms with Gasteiger partial charge in [-0.3, -0.25) is 14.3 Å². The molecule has 0 spiro atoms. The molecule has 1 aromatic carbocycles. The van der Waals surface area contributed by atoms with Gasteiger partial charge in [-0.05, 0) is 24.6 Å². The fourth-order valence-corrected chi connectivity index (χ4v) is 1.86. The summed E-state index contributed by atoms with van der Waals surface area (Å²) < 4.78 is 6.16. The summed E-state index contributed by atoms with van der Waals surface area (Å²) in [7, 11) is 1.58. The van der Waals surface area contributed by atoms with Gasteiger partial charge in [0.1, 0.15) is 10.9 Å². The van der Waals surface area contributed by atoms with Crippen LogP contribution in [0.3, 0.4) is 0 Å². The Balaban J connectivity index is 2.41. The molecule has 0 amide bonds. The number of hydrogen-bond donors (Lipinski definition) is 1. The number of H-pyrrole nitrogens is 1. The summed E-state index contributed by atoms with van der Waals surface area (Å²) in [5.41, 5.74) is 0.255. The first-order chi connectivity index (χ1) is 9.02. The van der Waals surface area contributed by atoms with E-state index in [9.17, 15) is 9.59 Å². The van der Waals surface area contributed by atoms with Gasteiger partial charge >= 0.3 is 5.69 Å². The number of rotatable bonds is 3. The predicted molar refractivity (Wildman–Crippen MR) is 73.2 cm³/mol. The van der Waals surface area contributed by atoms with Gasteiger partial charge in [0.2, 0.25) is 0 Å². The number of hydrogen-bond acceptors (Lipinski definition) is 3. The first-order valence-corrected chi connectivity index (χ1v) is 6.03. The molecule has 0 unspecified atom stereocenters. The average Bonchev–Trinajstić information content (AvgIpc) is 2.42. The fraction of sp³-hybridized carbons (Fsp3) is 0.231. The summed E-state index contributed by atoms with van der Waals surface area (Å²) in [6.07, 6.45) is 0. The van der Waals surface area contributed by atoms with Crippen LogP contribution in [0.15, 0.2) is 33.9 Å². The molecule has 1 aromatic heterocycles. The molecule has 2 rings (SSSR count). The normalized spacial score (nSPS) is 10.5. The van der Waals surface area contributed by atoms with Crippen molar-refractivity contribution in [3.05, 3.63) is 61.4 Å². The van der Waals surface area contributed by atoms with E-state index < -0.39 is 5.69 Å². The zero-order chi connectivity index (χ0) is 14.0.